The van der Waals surface area contributed by atoms with E-state index < -0.39 is 11.9 Å². The van der Waals surface area contributed by atoms with E-state index in [1.54, 1.807) is 6.92 Å². The minimum Gasteiger partial charge on any atom is -0.466 e. The van der Waals surface area contributed by atoms with E-state index in [1.807, 2.05) is 0 Å². The maximum absolute atomic E-state index is 11.3. The molecule has 0 unspecified atom stereocenters. The number of halogens is 1. The zero-order valence-electron chi connectivity index (χ0n) is 10.9. The lowest BCUT2D eigenvalue weighted by Crippen LogP contribution is -2.26. The normalized spacial score (nSPS) is 9.79. The molecule has 1 amide bonds. The van der Waals surface area contributed by atoms with Crippen molar-refractivity contribution in [3.05, 3.63) is 6.42 Å². The third-order valence-electron chi connectivity index (χ3n) is 1.96. The molecule has 0 aliphatic rings. The third-order valence-corrected chi connectivity index (χ3v) is 2.11. The lowest BCUT2D eigenvalue weighted by Gasteiger charge is -2.05. The number of carbonyl (C=O) groups excluding carboxylic acids is 3. The molecular weight excluding hydrogens is 274 g/mol. The Kier molecular flexibility index (Phi) is 11.0. The molecule has 0 aliphatic carbocycles. The van der Waals surface area contributed by atoms with E-state index in [2.05, 4.69) is 10.1 Å². The van der Waals surface area contributed by atoms with Gasteiger partial charge >= 0.3 is 11.9 Å². The molecule has 0 atom stereocenters. The average Bonchev–Trinajstić information content (AvgIpc) is 2.36. The molecule has 0 saturated heterocycles. The fraction of sp³-hybridized carbons (Fsp3) is 0.667. The van der Waals surface area contributed by atoms with Crippen LogP contribution in [0, 0.1) is 6.42 Å². The zero-order chi connectivity index (χ0) is 14.5. The van der Waals surface area contributed by atoms with Gasteiger partial charge in [0.25, 0.3) is 0 Å². The SMILES string of the molecule is CCOC(=O)[CH]CCC(=O)NCCC(=O)OCCCl. The highest BCUT2D eigenvalue weighted by molar-refractivity contribution is 6.18. The van der Waals surface area contributed by atoms with E-state index in [1.165, 1.54) is 6.42 Å². The fourth-order valence-electron chi connectivity index (χ4n) is 1.14. The van der Waals surface area contributed by atoms with Crippen molar-refractivity contribution in [1.29, 1.82) is 0 Å². The molecule has 1 N–H and O–H groups in total. The Bertz CT molecular complexity index is 296. The second-order valence-corrected chi connectivity index (χ2v) is 3.88. The van der Waals surface area contributed by atoms with E-state index in [-0.39, 0.29) is 37.8 Å². The molecule has 109 valence electrons. The van der Waals surface area contributed by atoms with Crippen molar-refractivity contribution < 1.29 is 23.9 Å². The van der Waals surface area contributed by atoms with Crippen LogP contribution < -0.4 is 5.32 Å². The summed E-state index contributed by atoms with van der Waals surface area (Å²) in [6, 6.07) is 0. The Morgan fingerprint density at radius 2 is 1.95 bits per heavy atom. The molecular formula is C12H19ClNO5. The van der Waals surface area contributed by atoms with Gasteiger partial charge in [-0.25, -0.2) is 0 Å². The number of hydrogen-bond donors (Lipinski definition) is 1. The topological polar surface area (TPSA) is 81.7 Å². The van der Waals surface area contributed by atoms with Gasteiger partial charge in [0.15, 0.2) is 0 Å². The molecule has 0 aromatic carbocycles. The van der Waals surface area contributed by atoms with E-state index in [0.29, 0.717) is 13.0 Å². The summed E-state index contributed by atoms with van der Waals surface area (Å²) in [6.07, 6.45) is 1.90. The second-order valence-electron chi connectivity index (χ2n) is 3.50. The van der Waals surface area contributed by atoms with Crippen molar-refractivity contribution in [2.45, 2.75) is 26.2 Å². The number of hydrogen-bond acceptors (Lipinski definition) is 5. The van der Waals surface area contributed by atoms with E-state index in [4.69, 9.17) is 16.3 Å². The molecule has 6 nitrogen and oxygen atoms in total. The van der Waals surface area contributed by atoms with Gasteiger partial charge in [-0.2, -0.15) is 0 Å². The number of ether oxygens (including phenoxy) is 2. The smallest absolute Gasteiger partial charge is 0.309 e. The molecule has 0 spiro atoms. The summed E-state index contributed by atoms with van der Waals surface area (Å²) in [6.45, 7) is 2.40. The second kappa shape index (κ2) is 11.8. The first-order valence-corrected chi connectivity index (χ1v) is 6.61. The summed E-state index contributed by atoms with van der Waals surface area (Å²) < 4.78 is 9.40. The van der Waals surface area contributed by atoms with Gasteiger partial charge < -0.3 is 14.8 Å². The first kappa shape index (κ1) is 17.7. The van der Waals surface area contributed by atoms with Crippen LogP contribution in [0.5, 0.6) is 0 Å². The van der Waals surface area contributed by atoms with Crippen LogP contribution in [-0.2, 0) is 23.9 Å². The summed E-state index contributed by atoms with van der Waals surface area (Å²) in [5, 5.41) is 2.55. The Hall–Kier alpha value is -1.30. The van der Waals surface area contributed by atoms with Crippen molar-refractivity contribution in [3.8, 4) is 0 Å². The molecule has 0 heterocycles. The molecule has 19 heavy (non-hydrogen) atoms. The predicted molar refractivity (Wildman–Crippen MR) is 69.5 cm³/mol. The molecule has 0 rings (SSSR count). The van der Waals surface area contributed by atoms with Crippen molar-refractivity contribution >= 4 is 29.4 Å². The van der Waals surface area contributed by atoms with Gasteiger partial charge in [-0.05, 0) is 13.3 Å². The number of esters is 2. The molecule has 1 radical (unpaired) electrons. The highest BCUT2D eigenvalue weighted by Gasteiger charge is 2.07. The van der Waals surface area contributed by atoms with Gasteiger partial charge in [0, 0.05) is 13.0 Å². The summed E-state index contributed by atoms with van der Waals surface area (Å²) in [5.41, 5.74) is 0. The Morgan fingerprint density at radius 3 is 2.58 bits per heavy atom. The average molecular weight is 293 g/mol. The monoisotopic (exact) mass is 292 g/mol. The van der Waals surface area contributed by atoms with Crippen molar-refractivity contribution in [1.82, 2.24) is 5.32 Å². The fourth-order valence-corrected chi connectivity index (χ4v) is 1.22. The summed E-state index contributed by atoms with van der Waals surface area (Å²) in [4.78, 5) is 33.3. The van der Waals surface area contributed by atoms with Gasteiger partial charge in [0.05, 0.1) is 25.3 Å². The van der Waals surface area contributed by atoms with Gasteiger partial charge in [-0.15, -0.1) is 11.6 Å². The maximum atomic E-state index is 11.3. The van der Waals surface area contributed by atoms with E-state index in [9.17, 15) is 14.4 Å². The summed E-state index contributed by atoms with van der Waals surface area (Å²) >= 11 is 5.35. The predicted octanol–water partition coefficient (Wildman–Crippen LogP) is 0.822. The van der Waals surface area contributed by atoms with Gasteiger partial charge in [-0.1, -0.05) is 0 Å². The minimum absolute atomic E-state index is 0.101. The molecule has 0 saturated carbocycles. The summed E-state index contributed by atoms with van der Waals surface area (Å²) in [7, 11) is 0. The van der Waals surface area contributed by atoms with Crippen LogP contribution in [0.1, 0.15) is 26.2 Å². The van der Waals surface area contributed by atoms with Crippen molar-refractivity contribution in [2.75, 3.05) is 25.6 Å². The highest BCUT2D eigenvalue weighted by Crippen LogP contribution is 1.96. The third kappa shape index (κ3) is 11.5. The van der Waals surface area contributed by atoms with Crippen LogP contribution >= 0.6 is 11.6 Å². The van der Waals surface area contributed by atoms with E-state index in [0.717, 1.165) is 0 Å². The maximum Gasteiger partial charge on any atom is 0.309 e. The van der Waals surface area contributed by atoms with Crippen LogP contribution in [0.15, 0.2) is 0 Å². The zero-order valence-corrected chi connectivity index (χ0v) is 11.7. The van der Waals surface area contributed by atoms with Crippen LogP contribution in [0.4, 0.5) is 0 Å². The molecule has 7 heteroatoms. The number of amides is 1. The van der Waals surface area contributed by atoms with Crippen molar-refractivity contribution in [2.24, 2.45) is 0 Å². The first-order chi connectivity index (χ1) is 9.10. The lowest BCUT2D eigenvalue weighted by molar-refractivity contribution is -0.143. The molecule has 0 bridgehead atoms. The molecule has 0 aromatic heterocycles. The molecule has 0 aliphatic heterocycles. The summed E-state index contributed by atoms with van der Waals surface area (Å²) in [5.74, 6) is -0.813. The van der Waals surface area contributed by atoms with Crippen molar-refractivity contribution in [3.63, 3.8) is 0 Å². The van der Waals surface area contributed by atoms with Crippen LogP contribution in [0.2, 0.25) is 0 Å². The number of rotatable bonds is 10. The van der Waals surface area contributed by atoms with Crippen LogP contribution in [0.3, 0.4) is 0 Å². The Morgan fingerprint density at radius 1 is 1.21 bits per heavy atom. The van der Waals surface area contributed by atoms with Gasteiger partial charge in [-0.3, -0.25) is 14.4 Å². The lowest BCUT2D eigenvalue weighted by atomic mass is 10.2. The first-order valence-electron chi connectivity index (χ1n) is 6.08. The van der Waals surface area contributed by atoms with Crippen LogP contribution in [-0.4, -0.2) is 43.5 Å². The minimum atomic E-state index is -0.431. The highest BCUT2D eigenvalue weighted by atomic mass is 35.5. The van der Waals surface area contributed by atoms with Gasteiger partial charge in [0.1, 0.15) is 6.61 Å². The van der Waals surface area contributed by atoms with Gasteiger partial charge in [0.2, 0.25) is 5.91 Å². The number of carbonyl (C=O) groups is 3. The standard InChI is InChI=1S/C12H19ClNO5/c1-2-18-11(16)5-3-4-10(15)14-8-6-12(17)19-9-7-13/h5H,2-4,6-9H2,1H3,(H,14,15). The number of nitrogens with one attached hydrogen (secondary N) is 1. The Labute approximate surface area is 117 Å². The van der Waals surface area contributed by atoms with E-state index >= 15 is 0 Å². The largest absolute Gasteiger partial charge is 0.466 e. The Balaban J connectivity index is 3.49. The quantitative estimate of drug-likeness (QED) is 0.476. The molecule has 0 fully saturated rings. The van der Waals surface area contributed by atoms with Crippen LogP contribution in [0.25, 0.3) is 0 Å². The molecule has 0 aromatic rings. The number of alkyl halides is 1.